The van der Waals surface area contributed by atoms with Crippen LogP contribution in [0.1, 0.15) is 61.9 Å². The highest BCUT2D eigenvalue weighted by Crippen LogP contribution is 2.44. The van der Waals surface area contributed by atoms with Crippen LogP contribution in [0.15, 0.2) is 64.8 Å². The standard InChI is InChI=1S/C31H36F3NO5S/c1-4-19-16-22(15-18(2)29(19)41-23-13-11-21(12-14-23)30(37)38-3)39-17-25(28(36)20-9-10-20)27(35)24-7-5-6-8-26(24)40-31(32,33)34/h5-8,11-14,18-20,22,29,35-36H,4,9-10,15-17H2,1-3H3/b28-25-,35-27?. The topological polar surface area (TPSA) is 88.8 Å². The van der Waals surface area contributed by atoms with E-state index in [1.165, 1.54) is 31.4 Å². The van der Waals surface area contributed by atoms with Gasteiger partial charge in [-0.15, -0.1) is 24.9 Å². The number of para-hydroxylation sites is 1. The van der Waals surface area contributed by atoms with E-state index in [0.717, 1.165) is 37.0 Å². The molecule has 6 nitrogen and oxygen atoms in total. The molecule has 2 aliphatic rings. The van der Waals surface area contributed by atoms with Gasteiger partial charge in [0.25, 0.3) is 0 Å². The zero-order valence-corrected chi connectivity index (χ0v) is 24.2. The van der Waals surface area contributed by atoms with Crippen molar-refractivity contribution in [1.82, 2.24) is 0 Å². The van der Waals surface area contributed by atoms with Gasteiger partial charge in [-0.2, -0.15) is 0 Å². The first-order valence-corrected chi connectivity index (χ1v) is 14.7. The monoisotopic (exact) mass is 591 g/mol. The molecule has 41 heavy (non-hydrogen) atoms. The van der Waals surface area contributed by atoms with E-state index >= 15 is 0 Å². The van der Waals surface area contributed by atoms with Crippen molar-refractivity contribution in [2.24, 2.45) is 17.8 Å². The molecule has 4 unspecified atom stereocenters. The van der Waals surface area contributed by atoms with E-state index in [1.807, 2.05) is 12.1 Å². The Bertz CT molecular complexity index is 1260. The van der Waals surface area contributed by atoms with Crippen LogP contribution in [0.5, 0.6) is 5.75 Å². The molecule has 4 rings (SSSR count). The number of hydrogen-bond acceptors (Lipinski definition) is 7. The summed E-state index contributed by atoms with van der Waals surface area (Å²) >= 11 is 1.79. The van der Waals surface area contributed by atoms with Crippen LogP contribution in [0.25, 0.3) is 0 Å². The number of nitrogens with one attached hydrogen (secondary N) is 1. The lowest BCUT2D eigenvalue weighted by Crippen LogP contribution is -2.37. The number of ether oxygens (including phenoxy) is 3. The molecule has 2 aliphatic carbocycles. The average Bonchev–Trinajstić information content (AvgIpc) is 3.79. The Morgan fingerprint density at radius 1 is 1.10 bits per heavy atom. The minimum absolute atomic E-state index is 0.0107. The van der Waals surface area contributed by atoms with Crippen molar-refractivity contribution in [2.45, 2.75) is 68.6 Å². The fourth-order valence-corrected chi connectivity index (χ4v) is 6.85. The molecule has 0 spiro atoms. The summed E-state index contributed by atoms with van der Waals surface area (Å²) in [5, 5.41) is 20.0. The van der Waals surface area contributed by atoms with Crippen molar-refractivity contribution >= 4 is 23.4 Å². The molecule has 0 amide bonds. The summed E-state index contributed by atoms with van der Waals surface area (Å²) in [7, 11) is 1.36. The lowest BCUT2D eigenvalue weighted by molar-refractivity contribution is -0.274. The molecule has 2 N–H and O–H groups in total. The van der Waals surface area contributed by atoms with Crippen LogP contribution in [0, 0.1) is 23.2 Å². The van der Waals surface area contributed by atoms with E-state index in [9.17, 15) is 23.1 Å². The van der Waals surface area contributed by atoms with Crippen LogP contribution in [-0.4, -0.2) is 48.2 Å². The van der Waals surface area contributed by atoms with Crippen molar-refractivity contribution in [3.8, 4) is 5.75 Å². The molecule has 0 saturated heterocycles. The molecule has 2 aromatic rings. The quantitative estimate of drug-likeness (QED) is 0.157. The summed E-state index contributed by atoms with van der Waals surface area (Å²) in [5.74, 6) is -0.304. The van der Waals surface area contributed by atoms with Gasteiger partial charge in [0, 0.05) is 27.2 Å². The Balaban J connectivity index is 1.45. The third-order valence-electron chi connectivity index (χ3n) is 7.72. The van der Waals surface area contributed by atoms with Crippen molar-refractivity contribution < 1.29 is 37.3 Å². The number of esters is 1. The second-order valence-electron chi connectivity index (χ2n) is 10.7. The molecule has 0 radical (unpaired) electrons. The summed E-state index contributed by atoms with van der Waals surface area (Å²) in [6, 6.07) is 12.9. The zero-order valence-electron chi connectivity index (χ0n) is 23.4. The Morgan fingerprint density at radius 2 is 1.78 bits per heavy atom. The van der Waals surface area contributed by atoms with E-state index in [4.69, 9.17) is 14.9 Å². The lowest BCUT2D eigenvalue weighted by atomic mass is 9.79. The SMILES string of the molecule is CCC1CC(OC/C(C(=N)c2ccccc2OC(F)(F)F)=C(/O)C2CC2)CC(C)C1Sc1ccc(C(=O)OC)cc1. The van der Waals surface area contributed by atoms with Crippen LogP contribution in [0.3, 0.4) is 0 Å². The van der Waals surface area contributed by atoms with Gasteiger partial charge in [0.2, 0.25) is 0 Å². The number of aliphatic hydroxyl groups is 1. The predicted octanol–water partition coefficient (Wildman–Crippen LogP) is 7.96. The maximum atomic E-state index is 13.0. The van der Waals surface area contributed by atoms with Crippen LogP contribution in [0.4, 0.5) is 13.2 Å². The summed E-state index contributed by atoms with van der Waals surface area (Å²) in [4.78, 5) is 12.8. The number of thioether (sulfide) groups is 1. The largest absolute Gasteiger partial charge is 0.573 e. The second kappa shape index (κ2) is 13.3. The van der Waals surface area contributed by atoms with Gasteiger partial charge >= 0.3 is 12.3 Å². The number of alkyl halides is 3. The number of rotatable bonds is 11. The number of aliphatic hydroxyl groups excluding tert-OH is 1. The highest BCUT2D eigenvalue weighted by Gasteiger charge is 2.37. The normalized spacial score (nSPS) is 23.5. The number of benzene rings is 2. The van der Waals surface area contributed by atoms with Gasteiger partial charge in [-0.3, -0.25) is 5.41 Å². The Hall–Kier alpha value is -2.98. The molecule has 4 atom stereocenters. The fourth-order valence-electron chi connectivity index (χ4n) is 5.40. The van der Waals surface area contributed by atoms with Crippen LogP contribution >= 0.6 is 11.8 Å². The maximum Gasteiger partial charge on any atom is 0.573 e. The zero-order chi connectivity index (χ0) is 29.7. The highest BCUT2D eigenvalue weighted by molar-refractivity contribution is 8.00. The predicted molar refractivity (Wildman–Crippen MR) is 152 cm³/mol. The van der Waals surface area contributed by atoms with Gasteiger partial charge in [-0.1, -0.05) is 32.4 Å². The van der Waals surface area contributed by atoms with Gasteiger partial charge in [-0.05, 0) is 73.9 Å². The Morgan fingerprint density at radius 3 is 2.39 bits per heavy atom. The Kier molecular flexibility index (Phi) is 10.1. The molecular formula is C31H36F3NO5S. The average molecular weight is 592 g/mol. The number of methoxy groups -OCH3 is 1. The third kappa shape index (κ3) is 8.07. The van der Waals surface area contributed by atoms with Gasteiger partial charge in [-0.25, -0.2) is 4.79 Å². The minimum atomic E-state index is -4.90. The number of carbonyl (C=O) groups is 1. The Labute approximate surface area is 242 Å². The first-order chi connectivity index (χ1) is 19.5. The summed E-state index contributed by atoms with van der Waals surface area (Å²) in [5.41, 5.74) is 0.432. The molecule has 10 heteroatoms. The van der Waals surface area contributed by atoms with E-state index in [1.54, 1.807) is 23.9 Å². The molecule has 2 fully saturated rings. The van der Waals surface area contributed by atoms with Gasteiger partial charge in [0.15, 0.2) is 0 Å². The van der Waals surface area contributed by atoms with Crippen LogP contribution in [0.2, 0.25) is 0 Å². The number of halogens is 3. The smallest absolute Gasteiger partial charge is 0.512 e. The molecule has 0 aromatic heterocycles. The number of carbonyl (C=O) groups excluding carboxylic acids is 1. The van der Waals surface area contributed by atoms with E-state index in [0.29, 0.717) is 22.6 Å². The maximum absolute atomic E-state index is 13.0. The van der Waals surface area contributed by atoms with Crippen LogP contribution < -0.4 is 4.74 Å². The molecule has 2 saturated carbocycles. The van der Waals surface area contributed by atoms with Gasteiger partial charge in [0.05, 0.1) is 31.1 Å². The molecule has 0 heterocycles. The molecule has 0 aliphatic heterocycles. The van der Waals surface area contributed by atoms with Crippen molar-refractivity contribution in [1.29, 1.82) is 5.41 Å². The lowest BCUT2D eigenvalue weighted by Gasteiger charge is -2.40. The van der Waals surface area contributed by atoms with Crippen molar-refractivity contribution in [3.05, 3.63) is 71.0 Å². The fraction of sp³-hybridized carbons (Fsp3) is 0.484. The van der Waals surface area contributed by atoms with E-state index in [-0.39, 0.29) is 47.2 Å². The first-order valence-electron chi connectivity index (χ1n) is 13.8. The minimum Gasteiger partial charge on any atom is -0.512 e. The molecule has 222 valence electrons. The van der Waals surface area contributed by atoms with Crippen molar-refractivity contribution in [2.75, 3.05) is 13.7 Å². The molecule has 2 aromatic carbocycles. The summed E-state index contributed by atoms with van der Waals surface area (Å²) in [6.07, 6.45) is -0.992. The number of hydrogen-bond donors (Lipinski definition) is 2. The van der Waals surface area contributed by atoms with Crippen LogP contribution in [-0.2, 0) is 9.47 Å². The summed E-state index contributed by atoms with van der Waals surface area (Å²) < 4.78 is 54.3. The third-order valence-corrected chi connectivity index (χ3v) is 9.38. The molecule has 0 bridgehead atoms. The van der Waals surface area contributed by atoms with Gasteiger partial charge in [0.1, 0.15) is 11.5 Å². The van der Waals surface area contributed by atoms with Gasteiger partial charge < -0.3 is 19.3 Å². The first kappa shape index (κ1) is 31.0. The van der Waals surface area contributed by atoms with E-state index in [2.05, 4.69) is 18.6 Å². The van der Waals surface area contributed by atoms with Crippen molar-refractivity contribution in [3.63, 3.8) is 0 Å². The number of allylic oxidation sites excluding steroid dienone is 1. The summed E-state index contributed by atoms with van der Waals surface area (Å²) in [6.45, 7) is 4.26. The second-order valence-corrected chi connectivity index (χ2v) is 12.0. The van der Waals surface area contributed by atoms with E-state index < -0.39 is 12.1 Å². The highest BCUT2D eigenvalue weighted by atomic mass is 32.2. The molecular weight excluding hydrogens is 555 g/mol.